The standard InChI is InChI=1S/C12H13BrINO/c13-7-12(5-6-12)8-15-11(16)9-1-3-10(14)4-2-9/h1-4H,5-8H2,(H,15,16). The largest absolute Gasteiger partial charge is 0.351 e. The molecule has 0 aromatic heterocycles. The summed E-state index contributed by atoms with van der Waals surface area (Å²) in [5.74, 6) is 0.0311. The Morgan fingerprint density at radius 2 is 2.00 bits per heavy atom. The molecule has 16 heavy (non-hydrogen) atoms. The van der Waals surface area contributed by atoms with Crippen molar-refractivity contribution in [1.82, 2.24) is 5.32 Å². The van der Waals surface area contributed by atoms with Gasteiger partial charge in [0.1, 0.15) is 0 Å². The van der Waals surface area contributed by atoms with Crippen molar-refractivity contribution in [2.75, 3.05) is 11.9 Å². The lowest BCUT2D eigenvalue weighted by Crippen LogP contribution is -2.30. The minimum Gasteiger partial charge on any atom is -0.351 e. The second-order valence-electron chi connectivity index (χ2n) is 4.32. The van der Waals surface area contributed by atoms with E-state index in [4.69, 9.17) is 0 Å². The smallest absolute Gasteiger partial charge is 0.251 e. The first-order valence-electron chi connectivity index (χ1n) is 5.25. The van der Waals surface area contributed by atoms with E-state index in [1.165, 1.54) is 12.8 Å². The number of amides is 1. The normalized spacial score (nSPS) is 16.9. The minimum atomic E-state index is 0.0311. The summed E-state index contributed by atoms with van der Waals surface area (Å²) >= 11 is 5.73. The van der Waals surface area contributed by atoms with Crippen LogP contribution in [0.25, 0.3) is 0 Å². The summed E-state index contributed by atoms with van der Waals surface area (Å²) in [5, 5.41) is 3.98. The molecule has 4 heteroatoms. The van der Waals surface area contributed by atoms with Crippen LogP contribution in [0.15, 0.2) is 24.3 Å². The number of hydrogen-bond acceptors (Lipinski definition) is 1. The molecule has 2 nitrogen and oxygen atoms in total. The van der Waals surface area contributed by atoms with Crippen LogP contribution < -0.4 is 5.32 Å². The number of rotatable bonds is 4. The molecular weight excluding hydrogens is 381 g/mol. The van der Waals surface area contributed by atoms with Crippen LogP contribution in [-0.4, -0.2) is 17.8 Å². The molecule has 0 radical (unpaired) electrons. The van der Waals surface area contributed by atoms with Crippen molar-refractivity contribution in [3.63, 3.8) is 0 Å². The molecule has 0 heterocycles. The van der Waals surface area contributed by atoms with Crippen LogP contribution in [0.5, 0.6) is 0 Å². The summed E-state index contributed by atoms with van der Waals surface area (Å²) in [4.78, 5) is 11.8. The lowest BCUT2D eigenvalue weighted by molar-refractivity contribution is 0.0946. The van der Waals surface area contributed by atoms with Crippen LogP contribution in [0.1, 0.15) is 23.2 Å². The Hall–Kier alpha value is -0.100. The van der Waals surface area contributed by atoms with E-state index in [0.29, 0.717) is 5.41 Å². The molecule has 0 spiro atoms. The molecule has 0 saturated heterocycles. The molecule has 0 bridgehead atoms. The molecule has 86 valence electrons. The van der Waals surface area contributed by atoms with Crippen molar-refractivity contribution in [3.05, 3.63) is 33.4 Å². The zero-order valence-corrected chi connectivity index (χ0v) is 12.5. The van der Waals surface area contributed by atoms with Crippen molar-refractivity contribution in [2.24, 2.45) is 5.41 Å². The van der Waals surface area contributed by atoms with Gasteiger partial charge in [-0.2, -0.15) is 0 Å². The predicted molar refractivity (Wildman–Crippen MR) is 77.0 cm³/mol. The van der Waals surface area contributed by atoms with Crippen molar-refractivity contribution < 1.29 is 4.79 Å². The summed E-state index contributed by atoms with van der Waals surface area (Å²) < 4.78 is 1.15. The molecule has 2 rings (SSSR count). The molecule has 1 N–H and O–H groups in total. The summed E-state index contributed by atoms with van der Waals surface area (Å²) in [7, 11) is 0. The zero-order chi connectivity index (χ0) is 11.6. The maximum atomic E-state index is 11.8. The number of alkyl halides is 1. The molecule has 1 saturated carbocycles. The molecule has 0 aliphatic heterocycles. The highest BCUT2D eigenvalue weighted by molar-refractivity contribution is 14.1. The second kappa shape index (κ2) is 5.04. The maximum Gasteiger partial charge on any atom is 0.251 e. The van der Waals surface area contributed by atoms with Gasteiger partial charge in [0.25, 0.3) is 5.91 Å². The first-order chi connectivity index (χ1) is 7.65. The van der Waals surface area contributed by atoms with Crippen LogP contribution in [0, 0.1) is 8.99 Å². The summed E-state index contributed by atoms with van der Waals surface area (Å²) in [6.45, 7) is 0.781. The van der Waals surface area contributed by atoms with Crippen LogP contribution in [0.2, 0.25) is 0 Å². The first kappa shape index (κ1) is 12.4. The van der Waals surface area contributed by atoms with Gasteiger partial charge in [-0.15, -0.1) is 0 Å². The molecule has 0 atom stereocenters. The van der Waals surface area contributed by atoms with Crippen molar-refractivity contribution in [2.45, 2.75) is 12.8 Å². The van der Waals surface area contributed by atoms with E-state index in [1.54, 1.807) is 0 Å². The molecule has 1 aliphatic carbocycles. The molecule has 0 unspecified atom stereocenters. The average Bonchev–Trinajstić information content (AvgIpc) is 3.08. The quantitative estimate of drug-likeness (QED) is 0.617. The third kappa shape index (κ3) is 2.97. The Labute approximate surface area is 117 Å². The number of nitrogens with one attached hydrogen (secondary N) is 1. The van der Waals surface area contributed by atoms with Gasteiger partial charge in [-0.1, -0.05) is 15.9 Å². The first-order valence-corrected chi connectivity index (χ1v) is 7.45. The van der Waals surface area contributed by atoms with Gasteiger partial charge in [-0.3, -0.25) is 4.79 Å². The summed E-state index contributed by atoms with van der Waals surface area (Å²) in [6, 6.07) is 7.63. The fraction of sp³-hybridized carbons (Fsp3) is 0.417. The molecular formula is C12H13BrINO. The Kier molecular flexibility index (Phi) is 3.89. The fourth-order valence-corrected chi connectivity index (χ4v) is 2.62. The van der Waals surface area contributed by atoms with Crippen LogP contribution in [0.4, 0.5) is 0 Å². The van der Waals surface area contributed by atoms with E-state index in [2.05, 4.69) is 43.8 Å². The van der Waals surface area contributed by atoms with Crippen LogP contribution in [0.3, 0.4) is 0 Å². The van der Waals surface area contributed by atoms with Crippen LogP contribution in [-0.2, 0) is 0 Å². The predicted octanol–water partition coefficient (Wildman–Crippen LogP) is 3.20. The van der Waals surface area contributed by atoms with E-state index >= 15 is 0 Å². The highest BCUT2D eigenvalue weighted by atomic mass is 127. The number of hydrogen-bond donors (Lipinski definition) is 1. The Bertz CT molecular complexity index is 387. The number of benzene rings is 1. The third-order valence-electron chi connectivity index (χ3n) is 2.97. The van der Waals surface area contributed by atoms with E-state index in [9.17, 15) is 4.79 Å². The molecule has 1 aromatic carbocycles. The van der Waals surface area contributed by atoms with Gasteiger partial charge in [0.15, 0.2) is 0 Å². The second-order valence-corrected chi connectivity index (χ2v) is 6.13. The monoisotopic (exact) mass is 393 g/mol. The van der Waals surface area contributed by atoms with Gasteiger partial charge in [-0.25, -0.2) is 0 Å². The number of carbonyl (C=O) groups excluding carboxylic acids is 1. The highest BCUT2D eigenvalue weighted by Gasteiger charge is 2.41. The summed E-state index contributed by atoms with van der Waals surface area (Å²) in [5.41, 5.74) is 1.07. The molecule has 1 aliphatic rings. The molecule has 1 aromatic rings. The zero-order valence-electron chi connectivity index (χ0n) is 8.80. The SMILES string of the molecule is O=C(NCC1(CBr)CC1)c1ccc(I)cc1. The van der Waals surface area contributed by atoms with Crippen molar-refractivity contribution in [3.8, 4) is 0 Å². The Morgan fingerprint density at radius 1 is 1.38 bits per heavy atom. The number of carbonyl (C=O) groups is 1. The van der Waals surface area contributed by atoms with E-state index in [1.807, 2.05) is 24.3 Å². The van der Waals surface area contributed by atoms with Gasteiger partial charge in [0.05, 0.1) is 0 Å². The van der Waals surface area contributed by atoms with Crippen LogP contribution >= 0.6 is 38.5 Å². The van der Waals surface area contributed by atoms with Crippen molar-refractivity contribution in [1.29, 1.82) is 0 Å². The third-order valence-corrected chi connectivity index (χ3v) is 4.88. The van der Waals surface area contributed by atoms with Gasteiger partial charge in [0, 0.05) is 21.0 Å². The van der Waals surface area contributed by atoms with E-state index < -0.39 is 0 Å². The maximum absolute atomic E-state index is 11.8. The fourth-order valence-electron chi connectivity index (χ4n) is 1.51. The Morgan fingerprint density at radius 3 is 2.50 bits per heavy atom. The van der Waals surface area contributed by atoms with Crippen molar-refractivity contribution >= 4 is 44.4 Å². The topological polar surface area (TPSA) is 29.1 Å². The molecule has 1 fully saturated rings. The molecule has 1 amide bonds. The number of halogens is 2. The van der Waals surface area contributed by atoms with E-state index in [-0.39, 0.29) is 5.91 Å². The highest BCUT2D eigenvalue weighted by Crippen LogP contribution is 2.46. The lowest BCUT2D eigenvalue weighted by atomic mass is 10.1. The van der Waals surface area contributed by atoms with Gasteiger partial charge in [0.2, 0.25) is 0 Å². The van der Waals surface area contributed by atoms with Gasteiger partial charge in [-0.05, 0) is 65.1 Å². The lowest BCUT2D eigenvalue weighted by Gasteiger charge is -2.12. The Balaban J connectivity index is 1.91. The average molecular weight is 394 g/mol. The van der Waals surface area contributed by atoms with Gasteiger partial charge < -0.3 is 5.32 Å². The van der Waals surface area contributed by atoms with E-state index in [0.717, 1.165) is 21.0 Å². The summed E-state index contributed by atoms with van der Waals surface area (Å²) in [6.07, 6.45) is 2.43. The van der Waals surface area contributed by atoms with Gasteiger partial charge >= 0.3 is 0 Å². The minimum absolute atomic E-state index is 0.0311.